The molecule has 0 fully saturated rings. The molecule has 3 nitrogen and oxygen atoms in total. The SMILES string of the molecule is CN(Cc1ccc(Br)cn1)C(C)(C)CO. The maximum Gasteiger partial charge on any atom is 0.0610 e. The second-order valence-electron chi connectivity index (χ2n) is 4.29. The predicted molar refractivity (Wildman–Crippen MR) is 64.6 cm³/mol. The Kier molecular flexibility index (Phi) is 4.25. The van der Waals surface area contributed by atoms with Gasteiger partial charge in [-0.2, -0.15) is 0 Å². The Morgan fingerprint density at radius 2 is 2.13 bits per heavy atom. The first-order valence-corrected chi connectivity index (χ1v) is 5.67. The quantitative estimate of drug-likeness (QED) is 0.912. The molecular formula is C11H17BrN2O. The molecule has 0 bridgehead atoms. The molecule has 1 N–H and O–H groups in total. The van der Waals surface area contributed by atoms with Crippen molar-refractivity contribution in [2.75, 3.05) is 13.7 Å². The van der Waals surface area contributed by atoms with Gasteiger partial charge in [0.25, 0.3) is 0 Å². The summed E-state index contributed by atoms with van der Waals surface area (Å²) in [4.78, 5) is 6.38. The number of pyridine rings is 1. The van der Waals surface area contributed by atoms with E-state index in [1.807, 2.05) is 33.0 Å². The molecule has 0 atom stereocenters. The smallest absolute Gasteiger partial charge is 0.0610 e. The van der Waals surface area contributed by atoms with Gasteiger partial charge < -0.3 is 5.11 Å². The van der Waals surface area contributed by atoms with E-state index in [0.29, 0.717) is 0 Å². The van der Waals surface area contributed by atoms with Crippen LogP contribution in [0.2, 0.25) is 0 Å². The van der Waals surface area contributed by atoms with Crippen LogP contribution in [0.5, 0.6) is 0 Å². The summed E-state index contributed by atoms with van der Waals surface area (Å²) in [7, 11) is 1.99. The molecule has 0 aromatic carbocycles. The molecule has 0 amide bonds. The van der Waals surface area contributed by atoms with Crippen LogP contribution in [0.1, 0.15) is 19.5 Å². The summed E-state index contributed by atoms with van der Waals surface area (Å²) in [5.41, 5.74) is 0.789. The molecule has 4 heteroatoms. The molecule has 0 saturated heterocycles. The van der Waals surface area contributed by atoms with E-state index in [9.17, 15) is 5.11 Å². The van der Waals surface area contributed by atoms with Crippen molar-refractivity contribution >= 4 is 15.9 Å². The van der Waals surface area contributed by atoms with E-state index in [4.69, 9.17) is 0 Å². The third-order valence-corrected chi connectivity index (χ3v) is 3.08. The minimum absolute atomic E-state index is 0.139. The van der Waals surface area contributed by atoms with E-state index in [1.54, 1.807) is 6.20 Å². The topological polar surface area (TPSA) is 36.4 Å². The number of nitrogens with zero attached hydrogens (tertiary/aromatic N) is 2. The summed E-state index contributed by atoms with van der Waals surface area (Å²) < 4.78 is 0.982. The van der Waals surface area contributed by atoms with Gasteiger partial charge in [-0.1, -0.05) is 0 Å². The number of aromatic nitrogens is 1. The van der Waals surface area contributed by atoms with Gasteiger partial charge in [-0.25, -0.2) is 0 Å². The molecule has 84 valence electrons. The summed E-state index contributed by atoms with van der Waals surface area (Å²) in [6.07, 6.45) is 1.79. The van der Waals surface area contributed by atoms with Crippen LogP contribution in [0.25, 0.3) is 0 Å². The molecule has 0 aliphatic heterocycles. The number of aliphatic hydroxyl groups is 1. The maximum atomic E-state index is 9.22. The molecule has 0 spiro atoms. The van der Waals surface area contributed by atoms with Crippen molar-refractivity contribution in [3.63, 3.8) is 0 Å². The molecular weight excluding hydrogens is 256 g/mol. The van der Waals surface area contributed by atoms with E-state index >= 15 is 0 Å². The molecule has 1 rings (SSSR count). The number of hydrogen-bond donors (Lipinski definition) is 1. The Balaban J connectivity index is 2.66. The highest BCUT2D eigenvalue weighted by atomic mass is 79.9. The van der Waals surface area contributed by atoms with E-state index < -0.39 is 0 Å². The molecule has 15 heavy (non-hydrogen) atoms. The molecule has 0 saturated carbocycles. The molecule has 0 radical (unpaired) electrons. The molecule has 0 aliphatic rings. The van der Waals surface area contributed by atoms with Crippen molar-refractivity contribution in [3.8, 4) is 0 Å². The first-order chi connectivity index (χ1) is 6.95. The van der Waals surface area contributed by atoms with Crippen LogP contribution in [-0.4, -0.2) is 34.2 Å². The van der Waals surface area contributed by atoms with Crippen molar-refractivity contribution in [1.82, 2.24) is 9.88 Å². The highest BCUT2D eigenvalue weighted by Gasteiger charge is 2.22. The van der Waals surface area contributed by atoms with Gasteiger partial charge in [0.05, 0.1) is 12.3 Å². The second kappa shape index (κ2) is 5.05. The van der Waals surface area contributed by atoms with Gasteiger partial charge in [0.15, 0.2) is 0 Å². The summed E-state index contributed by atoms with van der Waals surface area (Å²) >= 11 is 3.35. The zero-order chi connectivity index (χ0) is 11.5. The third-order valence-electron chi connectivity index (χ3n) is 2.61. The summed E-state index contributed by atoms with van der Waals surface area (Å²) in [6.45, 7) is 4.89. The van der Waals surface area contributed by atoms with Crippen LogP contribution < -0.4 is 0 Å². The average molecular weight is 273 g/mol. The van der Waals surface area contributed by atoms with Crippen molar-refractivity contribution < 1.29 is 5.11 Å². The predicted octanol–water partition coefficient (Wildman–Crippen LogP) is 2.05. The Hall–Kier alpha value is -0.450. The minimum atomic E-state index is -0.214. The van der Waals surface area contributed by atoms with Crippen molar-refractivity contribution in [1.29, 1.82) is 0 Å². The first-order valence-electron chi connectivity index (χ1n) is 4.88. The van der Waals surface area contributed by atoms with Gasteiger partial charge in [0.2, 0.25) is 0 Å². The number of likely N-dealkylation sites (N-methyl/N-ethyl adjacent to an activating group) is 1. The summed E-state index contributed by atoms with van der Waals surface area (Å²) in [5.74, 6) is 0. The van der Waals surface area contributed by atoms with Crippen molar-refractivity contribution in [2.45, 2.75) is 25.9 Å². The molecule has 1 aromatic rings. The average Bonchev–Trinajstić information content (AvgIpc) is 2.21. The van der Waals surface area contributed by atoms with Crippen molar-refractivity contribution in [3.05, 3.63) is 28.5 Å². The fraction of sp³-hybridized carbons (Fsp3) is 0.545. The third kappa shape index (κ3) is 3.55. The van der Waals surface area contributed by atoms with Gasteiger partial charge in [0.1, 0.15) is 0 Å². The van der Waals surface area contributed by atoms with E-state index in [2.05, 4.69) is 25.8 Å². The maximum absolute atomic E-state index is 9.22. The van der Waals surface area contributed by atoms with Crippen LogP contribution in [0.3, 0.4) is 0 Å². The van der Waals surface area contributed by atoms with Crippen LogP contribution in [0, 0.1) is 0 Å². The van der Waals surface area contributed by atoms with E-state index in [0.717, 1.165) is 16.7 Å². The van der Waals surface area contributed by atoms with Gasteiger partial charge in [0, 0.05) is 22.8 Å². The lowest BCUT2D eigenvalue weighted by molar-refractivity contribution is 0.0724. The molecule has 0 unspecified atom stereocenters. The van der Waals surface area contributed by atoms with Gasteiger partial charge in [-0.05, 0) is 49.0 Å². The van der Waals surface area contributed by atoms with Gasteiger partial charge in [-0.3, -0.25) is 9.88 Å². The molecule has 0 aliphatic carbocycles. The van der Waals surface area contributed by atoms with Gasteiger partial charge >= 0.3 is 0 Å². The Labute approximate surface area is 99.3 Å². The lowest BCUT2D eigenvalue weighted by Gasteiger charge is -2.33. The lowest BCUT2D eigenvalue weighted by Crippen LogP contribution is -2.43. The fourth-order valence-electron chi connectivity index (χ4n) is 1.08. The zero-order valence-electron chi connectivity index (χ0n) is 9.37. The fourth-order valence-corrected chi connectivity index (χ4v) is 1.31. The number of rotatable bonds is 4. The Morgan fingerprint density at radius 1 is 1.47 bits per heavy atom. The first kappa shape index (κ1) is 12.6. The Morgan fingerprint density at radius 3 is 2.60 bits per heavy atom. The van der Waals surface area contributed by atoms with Crippen LogP contribution in [0.15, 0.2) is 22.8 Å². The van der Waals surface area contributed by atoms with Crippen molar-refractivity contribution in [2.24, 2.45) is 0 Å². The lowest BCUT2D eigenvalue weighted by atomic mass is 10.1. The minimum Gasteiger partial charge on any atom is -0.394 e. The second-order valence-corrected chi connectivity index (χ2v) is 5.21. The monoisotopic (exact) mass is 272 g/mol. The van der Waals surface area contributed by atoms with Gasteiger partial charge in [-0.15, -0.1) is 0 Å². The number of aliphatic hydroxyl groups excluding tert-OH is 1. The largest absolute Gasteiger partial charge is 0.394 e. The highest BCUT2D eigenvalue weighted by molar-refractivity contribution is 9.10. The number of hydrogen-bond acceptors (Lipinski definition) is 3. The highest BCUT2D eigenvalue weighted by Crippen LogP contribution is 2.15. The van der Waals surface area contributed by atoms with E-state index in [-0.39, 0.29) is 12.1 Å². The zero-order valence-corrected chi connectivity index (χ0v) is 11.0. The number of halogens is 1. The van der Waals surface area contributed by atoms with Crippen LogP contribution >= 0.6 is 15.9 Å². The summed E-state index contributed by atoms with van der Waals surface area (Å²) in [5, 5.41) is 9.22. The van der Waals surface area contributed by atoms with Crippen LogP contribution in [-0.2, 0) is 6.54 Å². The molecule has 1 aromatic heterocycles. The summed E-state index contributed by atoms with van der Waals surface area (Å²) in [6, 6.07) is 3.95. The standard InChI is InChI=1S/C11H17BrN2O/c1-11(2,8-15)14(3)7-10-5-4-9(12)6-13-10/h4-6,15H,7-8H2,1-3H3. The molecule has 1 heterocycles. The van der Waals surface area contributed by atoms with E-state index in [1.165, 1.54) is 0 Å². The normalized spacial score (nSPS) is 12.1. The van der Waals surface area contributed by atoms with Crippen LogP contribution in [0.4, 0.5) is 0 Å². The Bertz CT molecular complexity index is 311.